The zero-order chi connectivity index (χ0) is 19.2. The molecule has 0 spiro atoms. The summed E-state index contributed by atoms with van der Waals surface area (Å²) in [5.41, 5.74) is 1.17. The fourth-order valence-corrected chi connectivity index (χ4v) is 2.56. The van der Waals surface area contributed by atoms with E-state index in [9.17, 15) is 4.79 Å². The molecule has 0 amide bonds. The van der Waals surface area contributed by atoms with Crippen LogP contribution in [0.5, 0.6) is 0 Å². The Bertz CT molecular complexity index is 1200. The van der Waals surface area contributed by atoms with E-state index < -0.39 is 0 Å². The van der Waals surface area contributed by atoms with E-state index in [1.54, 1.807) is 36.4 Å². The highest BCUT2D eigenvalue weighted by Gasteiger charge is 2.09. The minimum Gasteiger partial charge on any atom is -0.345 e. The van der Waals surface area contributed by atoms with Crippen molar-refractivity contribution in [3.63, 3.8) is 0 Å². The maximum absolute atomic E-state index is 12.8. The molecule has 0 aliphatic heterocycles. The van der Waals surface area contributed by atoms with Crippen LogP contribution in [0.1, 0.15) is 5.56 Å². The topological polar surface area (TPSA) is 118 Å². The highest BCUT2D eigenvalue weighted by molar-refractivity contribution is 5.82. The lowest BCUT2D eigenvalue weighted by atomic mass is 10.2. The number of nitrogens with zero attached hydrogens (tertiary/aromatic N) is 5. The lowest BCUT2D eigenvalue weighted by Crippen LogP contribution is -2.21. The molecule has 0 radical (unpaired) electrons. The second-order valence-corrected chi connectivity index (χ2v) is 5.61. The second kappa shape index (κ2) is 7.65. The van der Waals surface area contributed by atoms with E-state index >= 15 is 0 Å². The Kier molecular flexibility index (Phi) is 4.93. The average Bonchev–Trinajstić information content (AvgIpc) is 2.71. The van der Waals surface area contributed by atoms with Gasteiger partial charge in [0, 0.05) is 5.69 Å². The summed E-state index contributed by atoms with van der Waals surface area (Å²) in [5, 5.41) is 30.1. The smallest absolute Gasteiger partial charge is 0.261 e. The van der Waals surface area contributed by atoms with Gasteiger partial charge in [-0.25, -0.2) is 4.98 Å². The molecule has 1 aromatic heterocycles. The summed E-state index contributed by atoms with van der Waals surface area (Å²) in [6.45, 7) is 0.386. The van der Waals surface area contributed by atoms with E-state index in [4.69, 9.17) is 15.8 Å². The van der Waals surface area contributed by atoms with Crippen LogP contribution in [-0.4, -0.2) is 9.55 Å². The highest BCUT2D eigenvalue weighted by Crippen LogP contribution is 2.17. The zero-order valence-electron chi connectivity index (χ0n) is 14.0. The molecule has 1 heterocycles. The predicted octanol–water partition coefficient (Wildman–Crippen LogP) is 2.68. The van der Waals surface area contributed by atoms with Gasteiger partial charge in [-0.3, -0.25) is 9.36 Å². The Morgan fingerprint density at radius 1 is 1.04 bits per heavy atom. The van der Waals surface area contributed by atoms with Gasteiger partial charge in [0.05, 0.1) is 23.8 Å². The Morgan fingerprint density at radius 2 is 1.78 bits per heavy atom. The molecule has 3 rings (SSSR count). The molecule has 0 saturated carbocycles. The van der Waals surface area contributed by atoms with Crippen molar-refractivity contribution in [1.82, 2.24) is 9.55 Å². The van der Waals surface area contributed by atoms with Gasteiger partial charge in [0.25, 0.3) is 5.56 Å². The van der Waals surface area contributed by atoms with E-state index in [0.29, 0.717) is 23.1 Å². The summed E-state index contributed by atoms with van der Waals surface area (Å²) in [5.74, 6) is 0. The maximum atomic E-state index is 12.8. The summed E-state index contributed by atoms with van der Waals surface area (Å²) in [7, 11) is 0. The fraction of sp³-hybridized carbons (Fsp3) is 0.0500. The SMILES string of the molecule is N#CC(C#N)=C(C#N)Nc1ccc2ncn(Cc3ccccc3)c(=O)c2c1. The third-order valence-corrected chi connectivity index (χ3v) is 3.87. The minimum atomic E-state index is -0.328. The molecule has 3 aromatic rings. The van der Waals surface area contributed by atoms with E-state index in [1.165, 1.54) is 10.9 Å². The Hall–Kier alpha value is -4.41. The summed E-state index contributed by atoms with van der Waals surface area (Å²) in [6, 6.07) is 19.5. The quantitative estimate of drug-likeness (QED) is 0.721. The van der Waals surface area contributed by atoms with Gasteiger partial charge in [-0.1, -0.05) is 30.3 Å². The molecule has 1 N–H and O–H groups in total. The number of aromatic nitrogens is 2. The molecule has 0 unspecified atom stereocenters. The van der Waals surface area contributed by atoms with Crippen molar-refractivity contribution in [2.24, 2.45) is 0 Å². The fourth-order valence-electron chi connectivity index (χ4n) is 2.56. The normalized spacial score (nSPS) is 9.67. The first-order chi connectivity index (χ1) is 13.2. The molecule has 0 fully saturated rings. The van der Waals surface area contributed by atoms with Crippen molar-refractivity contribution in [3.8, 4) is 18.2 Å². The van der Waals surface area contributed by atoms with Crippen molar-refractivity contribution in [3.05, 3.63) is 82.0 Å². The number of anilines is 1. The van der Waals surface area contributed by atoms with Crippen LogP contribution in [0.4, 0.5) is 5.69 Å². The third-order valence-electron chi connectivity index (χ3n) is 3.87. The van der Waals surface area contributed by atoms with Crippen molar-refractivity contribution < 1.29 is 0 Å². The number of fused-ring (bicyclic) bond motifs is 1. The molecule has 0 bridgehead atoms. The summed E-state index contributed by atoms with van der Waals surface area (Å²) >= 11 is 0. The summed E-state index contributed by atoms with van der Waals surface area (Å²) in [4.78, 5) is 17.1. The van der Waals surface area contributed by atoms with Gasteiger partial charge in [0.15, 0.2) is 5.57 Å². The van der Waals surface area contributed by atoms with Crippen LogP contribution in [0.3, 0.4) is 0 Å². The third kappa shape index (κ3) is 3.66. The molecule has 128 valence electrons. The van der Waals surface area contributed by atoms with Gasteiger partial charge in [0.2, 0.25) is 0 Å². The molecule has 0 aliphatic carbocycles. The number of hydrogen-bond donors (Lipinski definition) is 1. The number of nitriles is 3. The van der Waals surface area contributed by atoms with Crippen LogP contribution < -0.4 is 10.9 Å². The van der Waals surface area contributed by atoms with E-state index in [0.717, 1.165) is 5.56 Å². The summed E-state index contributed by atoms with van der Waals surface area (Å²) < 4.78 is 1.50. The first-order valence-electron chi connectivity index (χ1n) is 7.91. The van der Waals surface area contributed by atoms with Gasteiger partial charge >= 0.3 is 0 Å². The van der Waals surface area contributed by atoms with Crippen LogP contribution in [-0.2, 0) is 6.54 Å². The number of rotatable bonds is 4. The van der Waals surface area contributed by atoms with Gasteiger partial charge in [-0.05, 0) is 23.8 Å². The van der Waals surface area contributed by atoms with Crippen LogP contribution >= 0.6 is 0 Å². The monoisotopic (exact) mass is 352 g/mol. The molecule has 2 aromatic carbocycles. The van der Waals surface area contributed by atoms with Crippen molar-refractivity contribution in [2.45, 2.75) is 6.54 Å². The lowest BCUT2D eigenvalue weighted by molar-refractivity contribution is 0.748. The molecule has 0 aliphatic rings. The molecule has 27 heavy (non-hydrogen) atoms. The number of benzene rings is 2. The van der Waals surface area contributed by atoms with Crippen molar-refractivity contribution in [1.29, 1.82) is 15.8 Å². The molecule has 7 nitrogen and oxygen atoms in total. The standard InChI is InChI=1S/C20H12N6O/c21-9-15(10-22)19(11-23)25-16-6-7-18-17(8-16)20(27)26(13-24-18)12-14-4-2-1-3-5-14/h1-8,13,25H,12H2. The van der Waals surface area contributed by atoms with Crippen LogP contribution in [0.2, 0.25) is 0 Å². The molecule has 7 heteroatoms. The van der Waals surface area contributed by atoms with Crippen LogP contribution in [0.25, 0.3) is 10.9 Å². The lowest BCUT2D eigenvalue weighted by Gasteiger charge is -2.09. The van der Waals surface area contributed by atoms with Crippen molar-refractivity contribution >= 4 is 16.6 Å². The number of allylic oxidation sites excluding steroid dienone is 2. The van der Waals surface area contributed by atoms with Crippen LogP contribution in [0.15, 0.2) is 70.9 Å². The first-order valence-corrected chi connectivity index (χ1v) is 7.91. The molecule has 0 saturated heterocycles. The largest absolute Gasteiger partial charge is 0.345 e. The Morgan fingerprint density at radius 3 is 2.44 bits per heavy atom. The Labute approximate surface area is 154 Å². The van der Waals surface area contributed by atoms with E-state index in [1.807, 2.05) is 30.3 Å². The number of hydrogen-bond acceptors (Lipinski definition) is 6. The number of nitrogens with one attached hydrogen (secondary N) is 1. The zero-order valence-corrected chi connectivity index (χ0v) is 14.0. The van der Waals surface area contributed by atoms with Crippen molar-refractivity contribution in [2.75, 3.05) is 5.32 Å². The highest BCUT2D eigenvalue weighted by atomic mass is 16.1. The van der Waals surface area contributed by atoms with E-state index in [2.05, 4.69) is 10.3 Å². The van der Waals surface area contributed by atoms with Gasteiger partial charge in [0.1, 0.15) is 23.9 Å². The predicted molar refractivity (Wildman–Crippen MR) is 99.0 cm³/mol. The molecular weight excluding hydrogens is 340 g/mol. The minimum absolute atomic E-state index is 0.173. The maximum Gasteiger partial charge on any atom is 0.261 e. The van der Waals surface area contributed by atoms with Gasteiger partial charge in [-0.2, -0.15) is 15.8 Å². The van der Waals surface area contributed by atoms with Gasteiger partial charge < -0.3 is 5.32 Å². The average molecular weight is 352 g/mol. The summed E-state index contributed by atoms with van der Waals surface area (Å²) in [6.07, 6.45) is 1.49. The molecule has 0 atom stereocenters. The van der Waals surface area contributed by atoms with Crippen LogP contribution in [0, 0.1) is 34.0 Å². The van der Waals surface area contributed by atoms with E-state index in [-0.39, 0.29) is 16.8 Å². The van der Waals surface area contributed by atoms with Gasteiger partial charge in [-0.15, -0.1) is 0 Å². The first kappa shape index (κ1) is 17.4. The second-order valence-electron chi connectivity index (χ2n) is 5.61. The Balaban J connectivity index is 2.02. The molecular formula is C20H12N6O.